The first kappa shape index (κ1) is 30.2. The maximum absolute atomic E-state index is 12.5. The molecule has 0 radical (unpaired) electrons. The Kier molecular flexibility index (Phi) is 10.8. The molecule has 1 aliphatic heterocycles. The third-order valence-corrected chi connectivity index (χ3v) is 7.36. The summed E-state index contributed by atoms with van der Waals surface area (Å²) < 4.78 is 14.9. The second kappa shape index (κ2) is 13.6. The largest absolute Gasteiger partial charge is 0.463 e. The number of pyridine rings is 1. The van der Waals surface area contributed by atoms with Crippen LogP contribution in [0.25, 0.3) is 22.4 Å². The zero-order chi connectivity index (χ0) is 26.5. The van der Waals surface area contributed by atoms with Gasteiger partial charge in [-0.25, -0.2) is 4.98 Å². The molecule has 208 valence electrons. The number of aryl methyl sites for hydroxylation is 3. The predicted octanol–water partition coefficient (Wildman–Crippen LogP) is 5.69. The van der Waals surface area contributed by atoms with Crippen molar-refractivity contribution in [1.82, 2.24) is 14.1 Å². The third-order valence-electron chi connectivity index (χ3n) is 7.14. The first-order valence-electron chi connectivity index (χ1n) is 13.3. The van der Waals surface area contributed by atoms with Crippen molar-refractivity contribution in [3.05, 3.63) is 51.9 Å². The van der Waals surface area contributed by atoms with Crippen LogP contribution in [0.4, 0.5) is 0 Å². The molecule has 0 N–H and O–H groups in total. The van der Waals surface area contributed by atoms with Crippen LogP contribution in [0.5, 0.6) is 0 Å². The lowest BCUT2D eigenvalue weighted by molar-refractivity contribution is -0.152. The minimum atomic E-state index is -0.217. The minimum Gasteiger partial charge on any atom is -0.463 e. The molecule has 9 heteroatoms. The number of ether oxygens (including phenoxy) is 2. The maximum Gasteiger partial charge on any atom is 0.309 e. The number of nitrogens with zero attached hydrogens (tertiary/aromatic N) is 3. The fourth-order valence-corrected chi connectivity index (χ4v) is 5.37. The van der Waals surface area contributed by atoms with Crippen LogP contribution in [-0.4, -0.2) is 45.3 Å². The molecule has 1 aliphatic rings. The van der Waals surface area contributed by atoms with Gasteiger partial charge in [0.25, 0.3) is 5.56 Å². The van der Waals surface area contributed by atoms with Crippen LogP contribution in [0, 0.1) is 18.8 Å². The van der Waals surface area contributed by atoms with Gasteiger partial charge >= 0.3 is 5.97 Å². The molecule has 38 heavy (non-hydrogen) atoms. The summed E-state index contributed by atoms with van der Waals surface area (Å²) in [5, 5.41) is 0. The minimum absolute atomic E-state index is 0. The van der Waals surface area contributed by atoms with E-state index in [0.29, 0.717) is 30.2 Å². The quantitative estimate of drug-likeness (QED) is 0.234. The molecule has 2 aromatic heterocycles. The first-order chi connectivity index (χ1) is 17.8. The van der Waals surface area contributed by atoms with E-state index < -0.39 is 0 Å². The highest BCUT2D eigenvalue weighted by molar-refractivity contribution is 6.17. The summed E-state index contributed by atoms with van der Waals surface area (Å²) in [6.45, 7) is 8.01. The lowest BCUT2D eigenvalue weighted by Gasteiger charge is -2.23. The molecule has 0 unspecified atom stereocenters. The third kappa shape index (κ3) is 7.19. The van der Waals surface area contributed by atoms with Gasteiger partial charge in [0, 0.05) is 50.0 Å². The monoisotopic (exact) mass is 563 g/mol. The summed E-state index contributed by atoms with van der Waals surface area (Å²) in [6, 6.07) is 8.33. The summed E-state index contributed by atoms with van der Waals surface area (Å²) >= 11 is 5.98. The number of rotatable bonds is 10. The highest BCUT2D eigenvalue weighted by Gasteiger charge is 2.22. The Bertz CT molecular complexity index is 1270. The van der Waals surface area contributed by atoms with Crippen LogP contribution in [0.15, 0.2) is 35.3 Å². The Morgan fingerprint density at radius 3 is 2.61 bits per heavy atom. The van der Waals surface area contributed by atoms with E-state index in [1.165, 1.54) is 0 Å². The standard InChI is InChI=1S/C29H38ClN3O4.ClH/c1-19(2)37-29(35)23(9-12-30)7-5-21-6-8-26-25(16-21)31-27(24-15-20(3)28(34)32(4)18-24)33(26)17-22-10-13-36-14-11-22;/h6,8,15-16,18-19,22-23H,5,7,9-14,17H2,1-4H3;1H/t23-;/m0./s1. The SMILES string of the molecule is Cc1cc(-c2nc3cc(CC[C@@H](CCCl)C(=O)OC(C)C)ccc3n2CC2CCOCC2)cn(C)c1=O.Cl. The van der Waals surface area contributed by atoms with Gasteiger partial charge in [-0.15, -0.1) is 24.0 Å². The maximum atomic E-state index is 12.5. The Morgan fingerprint density at radius 2 is 1.95 bits per heavy atom. The molecule has 0 aliphatic carbocycles. The molecule has 4 rings (SSSR count). The van der Waals surface area contributed by atoms with Crippen LogP contribution in [0.2, 0.25) is 0 Å². The molecule has 0 saturated carbocycles. The number of alkyl halides is 1. The second-order valence-corrected chi connectivity index (χ2v) is 10.8. The Balaban J connectivity index is 0.00000400. The Morgan fingerprint density at radius 1 is 1.21 bits per heavy atom. The number of esters is 1. The molecular formula is C29H39Cl2N3O4. The molecule has 7 nitrogen and oxygen atoms in total. The van der Waals surface area contributed by atoms with Crippen LogP contribution in [-0.2, 0) is 34.3 Å². The lowest BCUT2D eigenvalue weighted by atomic mass is 9.97. The van der Waals surface area contributed by atoms with Crippen molar-refractivity contribution in [2.24, 2.45) is 18.9 Å². The molecule has 3 aromatic rings. The van der Waals surface area contributed by atoms with Gasteiger partial charge < -0.3 is 18.6 Å². The number of carbonyl (C=O) groups is 1. The van der Waals surface area contributed by atoms with Crippen LogP contribution < -0.4 is 5.56 Å². The fourth-order valence-electron chi connectivity index (χ4n) is 5.10. The van der Waals surface area contributed by atoms with E-state index in [1.54, 1.807) is 11.6 Å². The number of hydrogen-bond acceptors (Lipinski definition) is 5. The second-order valence-electron chi connectivity index (χ2n) is 10.5. The number of fused-ring (bicyclic) bond motifs is 1. The smallest absolute Gasteiger partial charge is 0.309 e. The highest BCUT2D eigenvalue weighted by atomic mass is 35.5. The van der Waals surface area contributed by atoms with Crippen LogP contribution in [0.3, 0.4) is 0 Å². The van der Waals surface area contributed by atoms with Crippen molar-refractivity contribution in [3.63, 3.8) is 0 Å². The van der Waals surface area contributed by atoms with Crippen molar-refractivity contribution in [3.8, 4) is 11.4 Å². The van der Waals surface area contributed by atoms with Gasteiger partial charge in [0.1, 0.15) is 5.82 Å². The molecule has 1 fully saturated rings. The zero-order valence-electron chi connectivity index (χ0n) is 22.7. The van der Waals surface area contributed by atoms with E-state index in [-0.39, 0.29) is 36.0 Å². The van der Waals surface area contributed by atoms with Crippen molar-refractivity contribution < 1.29 is 14.3 Å². The average Bonchev–Trinajstić information content (AvgIpc) is 3.22. The topological polar surface area (TPSA) is 75.3 Å². The summed E-state index contributed by atoms with van der Waals surface area (Å²) in [5.74, 6) is 1.42. The van der Waals surface area contributed by atoms with E-state index >= 15 is 0 Å². The summed E-state index contributed by atoms with van der Waals surface area (Å²) in [4.78, 5) is 29.9. The van der Waals surface area contributed by atoms with Gasteiger partial charge in [0.05, 0.1) is 23.1 Å². The number of hydrogen-bond donors (Lipinski definition) is 0. The molecular weight excluding hydrogens is 525 g/mol. The van der Waals surface area contributed by atoms with Gasteiger partial charge in [-0.3, -0.25) is 9.59 Å². The number of imidazole rings is 1. The molecule has 0 spiro atoms. The number of halogens is 2. The predicted molar refractivity (Wildman–Crippen MR) is 154 cm³/mol. The summed E-state index contributed by atoms with van der Waals surface area (Å²) in [5.41, 5.74) is 4.76. The molecule has 1 atom stereocenters. The van der Waals surface area contributed by atoms with Crippen LogP contribution in [0.1, 0.15) is 50.7 Å². The van der Waals surface area contributed by atoms with E-state index in [0.717, 1.165) is 67.0 Å². The number of carbonyl (C=O) groups excluding carboxylic acids is 1. The molecule has 1 saturated heterocycles. The molecule has 0 bridgehead atoms. The van der Waals surface area contributed by atoms with Crippen LogP contribution >= 0.6 is 24.0 Å². The van der Waals surface area contributed by atoms with Crippen molar-refractivity contribution in [1.29, 1.82) is 0 Å². The van der Waals surface area contributed by atoms with Crippen molar-refractivity contribution >= 4 is 41.0 Å². The van der Waals surface area contributed by atoms with Crippen molar-refractivity contribution in [2.75, 3.05) is 19.1 Å². The number of benzene rings is 1. The number of aromatic nitrogens is 3. The zero-order valence-corrected chi connectivity index (χ0v) is 24.3. The highest BCUT2D eigenvalue weighted by Crippen LogP contribution is 2.29. The van der Waals surface area contributed by atoms with E-state index in [1.807, 2.05) is 33.0 Å². The Labute approximate surface area is 235 Å². The van der Waals surface area contributed by atoms with Gasteiger partial charge in [-0.1, -0.05) is 6.07 Å². The normalized spacial score (nSPS) is 15.0. The van der Waals surface area contributed by atoms with Gasteiger partial charge in [0.15, 0.2) is 0 Å². The van der Waals surface area contributed by atoms with E-state index in [4.69, 9.17) is 26.1 Å². The van der Waals surface area contributed by atoms with Crippen molar-refractivity contribution in [2.45, 2.75) is 65.5 Å². The first-order valence-corrected chi connectivity index (χ1v) is 13.8. The summed E-state index contributed by atoms with van der Waals surface area (Å²) in [7, 11) is 1.78. The van der Waals surface area contributed by atoms with E-state index in [9.17, 15) is 9.59 Å². The Hall–Kier alpha value is -2.35. The molecule has 3 heterocycles. The van der Waals surface area contributed by atoms with Gasteiger partial charge in [-0.2, -0.15) is 0 Å². The van der Waals surface area contributed by atoms with E-state index in [2.05, 4.69) is 22.8 Å². The summed E-state index contributed by atoms with van der Waals surface area (Å²) in [6.07, 6.45) is 5.81. The van der Waals surface area contributed by atoms with Gasteiger partial charge in [-0.05, 0) is 82.6 Å². The molecule has 0 amide bonds. The lowest BCUT2D eigenvalue weighted by Crippen LogP contribution is -2.22. The molecule has 1 aromatic carbocycles. The fraction of sp³-hybridized carbons (Fsp3) is 0.552. The van der Waals surface area contributed by atoms with Gasteiger partial charge in [0.2, 0.25) is 0 Å². The average molecular weight is 565 g/mol.